The van der Waals surface area contributed by atoms with Gasteiger partial charge in [-0.05, 0) is 24.3 Å². The maximum Gasteiger partial charge on any atom is 0.229 e. The van der Waals surface area contributed by atoms with Crippen LogP contribution in [0.25, 0.3) is 22.3 Å². The second-order valence-corrected chi connectivity index (χ2v) is 10.1. The highest BCUT2D eigenvalue weighted by Gasteiger charge is 2.51. The predicted octanol–water partition coefficient (Wildman–Crippen LogP) is -0.879. The minimum atomic E-state index is -1.97. The maximum absolute atomic E-state index is 12.8. The SMILES string of the molecule is COc1cc(OC)c2c(=O)cc(-c3ccc(OC4OCC(O)(COC5OC(CO)C(O)C(O)C5O)C4O)cc3)oc2c1. The molecule has 42 heavy (non-hydrogen) atoms. The Kier molecular flexibility index (Phi) is 8.71. The smallest absolute Gasteiger partial charge is 0.229 e. The molecule has 0 spiro atoms. The summed E-state index contributed by atoms with van der Waals surface area (Å²) in [5.41, 5.74) is -1.44. The average molecular weight is 593 g/mol. The largest absolute Gasteiger partial charge is 0.496 e. The second-order valence-electron chi connectivity index (χ2n) is 10.1. The van der Waals surface area contributed by atoms with Crippen LogP contribution in [0.3, 0.4) is 0 Å². The molecule has 2 fully saturated rings. The van der Waals surface area contributed by atoms with E-state index in [1.807, 2.05) is 0 Å². The molecule has 14 nitrogen and oxygen atoms in total. The van der Waals surface area contributed by atoms with E-state index in [1.54, 1.807) is 36.4 Å². The molecule has 8 atom stereocenters. The monoisotopic (exact) mass is 592 g/mol. The number of benzene rings is 2. The summed E-state index contributed by atoms with van der Waals surface area (Å²) in [5, 5.41) is 61.2. The topological polar surface area (TPSA) is 207 Å². The van der Waals surface area contributed by atoms with Gasteiger partial charge in [0.2, 0.25) is 6.29 Å². The lowest BCUT2D eigenvalue weighted by Gasteiger charge is -2.40. The molecule has 2 aliphatic rings. The quantitative estimate of drug-likeness (QED) is 0.178. The van der Waals surface area contributed by atoms with Crippen LogP contribution in [0.15, 0.2) is 51.7 Å². The van der Waals surface area contributed by atoms with Gasteiger partial charge in [-0.1, -0.05) is 0 Å². The number of ether oxygens (including phenoxy) is 6. The van der Waals surface area contributed by atoms with E-state index < -0.39 is 68.5 Å². The average Bonchev–Trinajstić information content (AvgIpc) is 3.27. The van der Waals surface area contributed by atoms with Crippen LogP contribution in [0.2, 0.25) is 0 Å². The van der Waals surface area contributed by atoms with Gasteiger partial charge < -0.3 is 63.5 Å². The normalized spacial score (nSPS) is 31.3. The number of rotatable bonds is 9. The van der Waals surface area contributed by atoms with Gasteiger partial charge in [0.25, 0.3) is 0 Å². The van der Waals surface area contributed by atoms with Crippen LogP contribution in [-0.2, 0) is 14.2 Å². The lowest BCUT2D eigenvalue weighted by Crippen LogP contribution is -2.60. The molecule has 8 unspecified atom stereocenters. The standard InChI is InChI=1S/C28H32O14/c1-36-15-7-18(37-2)21-16(30)9-17(41-19(21)8-15)13-3-5-14(6-4-13)40-27-25(34)28(35,12-39-27)11-38-26-24(33)23(32)22(31)20(10-29)42-26/h3-9,20,22-27,29,31-35H,10-12H2,1-2H3. The summed E-state index contributed by atoms with van der Waals surface area (Å²) < 4.78 is 38.3. The molecule has 2 aromatic carbocycles. The number of aliphatic hydroxyl groups excluding tert-OH is 5. The Hall–Kier alpha value is -3.31. The summed E-state index contributed by atoms with van der Waals surface area (Å²) in [5.74, 6) is 1.33. The number of methoxy groups -OCH3 is 2. The molecular formula is C28H32O14. The molecule has 0 aliphatic carbocycles. The first kappa shape index (κ1) is 30.2. The maximum atomic E-state index is 12.8. The fourth-order valence-corrected chi connectivity index (χ4v) is 4.79. The molecule has 5 rings (SSSR count). The van der Waals surface area contributed by atoms with E-state index in [-0.39, 0.29) is 27.9 Å². The van der Waals surface area contributed by atoms with Crippen molar-refractivity contribution in [3.05, 3.63) is 52.7 Å². The highest BCUT2D eigenvalue weighted by atomic mass is 16.7. The summed E-state index contributed by atoms with van der Waals surface area (Å²) in [6, 6.07) is 10.9. The van der Waals surface area contributed by atoms with Gasteiger partial charge in [-0.2, -0.15) is 0 Å². The van der Waals surface area contributed by atoms with Crippen LogP contribution in [0.4, 0.5) is 0 Å². The van der Waals surface area contributed by atoms with Gasteiger partial charge in [0.1, 0.15) is 70.1 Å². The van der Waals surface area contributed by atoms with Crippen molar-refractivity contribution in [3.63, 3.8) is 0 Å². The molecule has 14 heteroatoms. The van der Waals surface area contributed by atoms with Gasteiger partial charge in [-0.25, -0.2) is 0 Å². The molecule has 6 N–H and O–H groups in total. The molecule has 2 saturated heterocycles. The van der Waals surface area contributed by atoms with Crippen molar-refractivity contribution in [2.45, 2.75) is 48.7 Å². The van der Waals surface area contributed by atoms with Crippen molar-refractivity contribution in [1.82, 2.24) is 0 Å². The predicted molar refractivity (Wildman–Crippen MR) is 142 cm³/mol. The highest BCUT2D eigenvalue weighted by Crippen LogP contribution is 2.33. The van der Waals surface area contributed by atoms with Gasteiger partial charge in [0, 0.05) is 23.8 Å². The summed E-state index contributed by atoms with van der Waals surface area (Å²) >= 11 is 0. The Morgan fingerprint density at radius 3 is 2.33 bits per heavy atom. The number of hydrogen-bond donors (Lipinski definition) is 6. The summed E-state index contributed by atoms with van der Waals surface area (Å²) in [7, 11) is 2.93. The Labute approximate surface area is 238 Å². The Bertz CT molecular complexity index is 1440. The van der Waals surface area contributed by atoms with Crippen molar-refractivity contribution < 1.29 is 63.5 Å². The van der Waals surface area contributed by atoms with Gasteiger partial charge in [0.05, 0.1) is 34.0 Å². The van der Waals surface area contributed by atoms with Crippen molar-refractivity contribution in [3.8, 4) is 28.6 Å². The van der Waals surface area contributed by atoms with Crippen LogP contribution in [0, 0.1) is 0 Å². The van der Waals surface area contributed by atoms with Crippen molar-refractivity contribution in [1.29, 1.82) is 0 Å². The van der Waals surface area contributed by atoms with E-state index in [0.29, 0.717) is 17.1 Å². The molecule has 3 aromatic rings. The van der Waals surface area contributed by atoms with Crippen LogP contribution < -0.4 is 19.6 Å². The van der Waals surface area contributed by atoms with Gasteiger partial charge in [-0.15, -0.1) is 0 Å². The van der Waals surface area contributed by atoms with Crippen LogP contribution in [0.5, 0.6) is 17.2 Å². The molecule has 1 aromatic heterocycles. The zero-order valence-electron chi connectivity index (χ0n) is 22.7. The van der Waals surface area contributed by atoms with E-state index in [1.165, 1.54) is 20.3 Å². The first-order valence-corrected chi connectivity index (χ1v) is 13.0. The highest BCUT2D eigenvalue weighted by molar-refractivity contribution is 5.86. The number of hydrogen-bond acceptors (Lipinski definition) is 14. The molecule has 0 amide bonds. The van der Waals surface area contributed by atoms with E-state index in [4.69, 9.17) is 32.8 Å². The number of aliphatic hydroxyl groups is 6. The Morgan fingerprint density at radius 2 is 1.67 bits per heavy atom. The van der Waals surface area contributed by atoms with Crippen LogP contribution >= 0.6 is 0 Å². The first-order valence-electron chi connectivity index (χ1n) is 13.0. The fourth-order valence-electron chi connectivity index (χ4n) is 4.79. The fraction of sp³-hybridized carbons (Fsp3) is 0.464. The van der Waals surface area contributed by atoms with E-state index in [2.05, 4.69) is 0 Å². The van der Waals surface area contributed by atoms with E-state index in [9.17, 15) is 35.4 Å². The molecule has 0 bridgehead atoms. The van der Waals surface area contributed by atoms with Crippen LogP contribution in [0.1, 0.15) is 0 Å². The lowest BCUT2D eigenvalue weighted by molar-refractivity contribution is -0.310. The molecule has 0 radical (unpaired) electrons. The zero-order chi connectivity index (χ0) is 30.2. The van der Waals surface area contributed by atoms with E-state index >= 15 is 0 Å². The Morgan fingerprint density at radius 1 is 0.929 bits per heavy atom. The molecule has 3 heterocycles. The van der Waals surface area contributed by atoms with Crippen molar-refractivity contribution >= 4 is 11.0 Å². The number of fused-ring (bicyclic) bond motifs is 1. The summed E-state index contributed by atoms with van der Waals surface area (Å²) in [6.07, 6.45) is -10.5. The Balaban J connectivity index is 1.25. The van der Waals surface area contributed by atoms with Gasteiger partial charge in [0.15, 0.2) is 11.7 Å². The third-order valence-electron chi connectivity index (χ3n) is 7.27. The minimum Gasteiger partial charge on any atom is -0.496 e. The molecule has 0 saturated carbocycles. The van der Waals surface area contributed by atoms with Gasteiger partial charge in [-0.3, -0.25) is 4.79 Å². The first-order chi connectivity index (χ1) is 20.1. The molecule has 2 aliphatic heterocycles. The molecule has 228 valence electrons. The third kappa shape index (κ3) is 5.68. The third-order valence-corrected chi connectivity index (χ3v) is 7.27. The van der Waals surface area contributed by atoms with Crippen molar-refractivity contribution in [2.75, 3.05) is 34.0 Å². The minimum absolute atomic E-state index is 0.272. The zero-order valence-corrected chi connectivity index (χ0v) is 22.7. The molecular weight excluding hydrogens is 560 g/mol. The second kappa shape index (κ2) is 12.1. The summed E-state index contributed by atoms with van der Waals surface area (Å²) in [6.45, 7) is -1.64. The summed E-state index contributed by atoms with van der Waals surface area (Å²) in [4.78, 5) is 12.8. The van der Waals surface area contributed by atoms with Crippen molar-refractivity contribution in [2.24, 2.45) is 0 Å². The van der Waals surface area contributed by atoms with Gasteiger partial charge >= 0.3 is 0 Å². The van der Waals surface area contributed by atoms with Crippen LogP contribution in [-0.4, -0.2) is 113 Å². The van der Waals surface area contributed by atoms with E-state index in [0.717, 1.165) is 0 Å². The lowest BCUT2D eigenvalue weighted by atomic mass is 9.98.